The van der Waals surface area contributed by atoms with Gasteiger partial charge in [0.15, 0.2) is 6.29 Å². The lowest BCUT2D eigenvalue weighted by atomic mass is 9.99. The summed E-state index contributed by atoms with van der Waals surface area (Å²) in [5.41, 5.74) is 0. The molecule has 88 valence electrons. The standard InChI is InChI=1S/C8H14O7/c1-3(9)14-2-4-5(10)6(11)7(12)8(13)15-4/h4-8,10-13H,2H2,1H3/t4-,5+,6+,7-,8?/m1/s1. The van der Waals surface area contributed by atoms with Gasteiger partial charge in [-0.05, 0) is 0 Å². The van der Waals surface area contributed by atoms with Crippen molar-refractivity contribution in [2.24, 2.45) is 0 Å². The van der Waals surface area contributed by atoms with Gasteiger partial charge in [0.2, 0.25) is 0 Å². The number of rotatable bonds is 2. The average Bonchev–Trinajstić information content (AvgIpc) is 2.18. The molecular weight excluding hydrogens is 208 g/mol. The number of carbonyl (C=O) groups excluding carboxylic acids is 1. The van der Waals surface area contributed by atoms with Gasteiger partial charge in [0.1, 0.15) is 31.0 Å². The predicted octanol–water partition coefficient (Wildman–Crippen LogP) is -2.65. The van der Waals surface area contributed by atoms with Gasteiger partial charge in [0.05, 0.1) is 0 Å². The largest absolute Gasteiger partial charge is 0.463 e. The fourth-order valence-electron chi connectivity index (χ4n) is 1.27. The Kier molecular flexibility index (Phi) is 4.00. The Morgan fingerprint density at radius 1 is 1.20 bits per heavy atom. The van der Waals surface area contributed by atoms with E-state index in [0.717, 1.165) is 0 Å². The number of aliphatic hydroxyl groups excluding tert-OH is 4. The fourth-order valence-corrected chi connectivity index (χ4v) is 1.27. The Balaban J connectivity index is 2.54. The molecule has 0 spiro atoms. The number of esters is 1. The molecule has 1 saturated heterocycles. The third kappa shape index (κ3) is 2.86. The fraction of sp³-hybridized carbons (Fsp3) is 0.875. The van der Waals surface area contributed by atoms with Crippen LogP contribution >= 0.6 is 0 Å². The first-order chi connectivity index (χ1) is 6.93. The highest BCUT2D eigenvalue weighted by Crippen LogP contribution is 2.19. The molecule has 7 heteroatoms. The second-order valence-electron chi connectivity index (χ2n) is 3.34. The first-order valence-electron chi connectivity index (χ1n) is 4.44. The minimum Gasteiger partial charge on any atom is -0.463 e. The molecule has 1 unspecified atom stereocenters. The number of aliphatic hydroxyl groups is 4. The van der Waals surface area contributed by atoms with E-state index in [2.05, 4.69) is 4.74 Å². The van der Waals surface area contributed by atoms with Gasteiger partial charge in [-0.1, -0.05) is 0 Å². The average molecular weight is 222 g/mol. The maximum absolute atomic E-state index is 10.5. The third-order valence-electron chi connectivity index (χ3n) is 2.14. The van der Waals surface area contributed by atoms with Crippen molar-refractivity contribution in [3.05, 3.63) is 0 Å². The first kappa shape index (κ1) is 12.3. The molecule has 1 rings (SSSR count). The molecule has 15 heavy (non-hydrogen) atoms. The lowest BCUT2D eigenvalue weighted by Crippen LogP contribution is -2.58. The van der Waals surface area contributed by atoms with E-state index in [-0.39, 0.29) is 6.61 Å². The Morgan fingerprint density at radius 3 is 2.33 bits per heavy atom. The molecule has 0 amide bonds. The molecule has 1 aliphatic heterocycles. The van der Waals surface area contributed by atoms with Crippen LogP contribution in [0.2, 0.25) is 0 Å². The normalized spacial score (nSPS) is 41.3. The van der Waals surface area contributed by atoms with Crippen LogP contribution in [-0.2, 0) is 14.3 Å². The Labute approximate surface area is 85.9 Å². The topological polar surface area (TPSA) is 116 Å². The highest BCUT2D eigenvalue weighted by molar-refractivity contribution is 5.65. The van der Waals surface area contributed by atoms with Crippen molar-refractivity contribution in [1.82, 2.24) is 0 Å². The molecule has 0 aromatic heterocycles. The lowest BCUT2D eigenvalue weighted by molar-refractivity contribution is -0.287. The van der Waals surface area contributed by atoms with Crippen LogP contribution in [-0.4, -0.2) is 63.7 Å². The van der Waals surface area contributed by atoms with Crippen LogP contribution in [0.5, 0.6) is 0 Å². The number of carbonyl (C=O) groups is 1. The molecule has 4 N–H and O–H groups in total. The maximum atomic E-state index is 10.5. The van der Waals surface area contributed by atoms with Crippen molar-refractivity contribution >= 4 is 5.97 Å². The zero-order valence-electron chi connectivity index (χ0n) is 8.11. The van der Waals surface area contributed by atoms with Gasteiger partial charge in [0, 0.05) is 6.92 Å². The second-order valence-corrected chi connectivity index (χ2v) is 3.34. The number of ether oxygens (including phenoxy) is 2. The molecule has 7 nitrogen and oxygen atoms in total. The van der Waals surface area contributed by atoms with Gasteiger partial charge in [-0.15, -0.1) is 0 Å². The van der Waals surface area contributed by atoms with Crippen LogP contribution in [0.1, 0.15) is 6.92 Å². The smallest absolute Gasteiger partial charge is 0.302 e. The van der Waals surface area contributed by atoms with Crippen molar-refractivity contribution in [1.29, 1.82) is 0 Å². The highest BCUT2D eigenvalue weighted by atomic mass is 16.6. The molecule has 5 atom stereocenters. The van der Waals surface area contributed by atoms with Gasteiger partial charge in [0.25, 0.3) is 0 Å². The minimum atomic E-state index is -1.61. The van der Waals surface area contributed by atoms with Gasteiger partial charge in [-0.3, -0.25) is 4.79 Å². The van der Waals surface area contributed by atoms with E-state index in [1.54, 1.807) is 0 Å². The lowest BCUT2D eigenvalue weighted by Gasteiger charge is -2.37. The first-order valence-corrected chi connectivity index (χ1v) is 4.44. The Bertz CT molecular complexity index is 231. The molecule has 0 bridgehead atoms. The van der Waals surface area contributed by atoms with E-state index in [1.807, 2.05) is 0 Å². The SMILES string of the molecule is CC(=O)OC[C@H]1OC(O)[C@H](O)[C@@H](O)[C@H]1O. The van der Waals surface area contributed by atoms with Crippen LogP contribution in [0, 0.1) is 0 Å². The summed E-state index contributed by atoms with van der Waals surface area (Å²) in [6.45, 7) is 0.883. The second kappa shape index (κ2) is 4.86. The monoisotopic (exact) mass is 222 g/mol. The minimum absolute atomic E-state index is 0.294. The van der Waals surface area contributed by atoms with Crippen LogP contribution < -0.4 is 0 Å². The summed E-state index contributed by atoms with van der Waals surface area (Å²) in [5.74, 6) is -0.569. The molecule has 0 radical (unpaired) electrons. The van der Waals surface area contributed by atoms with Crippen molar-refractivity contribution in [2.75, 3.05) is 6.61 Å². The Morgan fingerprint density at radius 2 is 1.80 bits per heavy atom. The van der Waals surface area contributed by atoms with E-state index in [4.69, 9.17) is 14.9 Å². The number of hydrogen-bond acceptors (Lipinski definition) is 7. The number of hydrogen-bond donors (Lipinski definition) is 4. The highest BCUT2D eigenvalue weighted by Gasteiger charge is 2.43. The summed E-state index contributed by atoms with van der Waals surface area (Å²) in [5, 5.41) is 36.9. The van der Waals surface area contributed by atoms with Crippen LogP contribution in [0.15, 0.2) is 0 Å². The molecule has 0 aromatic rings. The van der Waals surface area contributed by atoms with Gasteiger partial charge in [-0.25, -0.2) is 0 Å². The summed E-state index contributed by atoms with van der Waals surface area (Å²) < 4.78 is 9.31. The van der Waals surface area contributed by atoms with E-state index in [0.29, 0.717) is 0 Å². The van der Waals surface area contributed by atoms with Crippen LogP contribution in [0.3, 0.4) is 0 Å². The van der Waals surface area contributed by atoms with Gasteiger partial charge < -0.3 is 29.9 Å². The third-order valence-corrected chi connectivity index (χ3v) is 2.14. The predicted molar refractivity (Wildman–Crippen MR) is 45.5 cm³/mol. The molecule has 0 saturated carbocycles. The van der Waals surface area contributed by atoms with E-state index < -0.39 is 36.7 Å². The van der Waals surface area contributed by atoms with Crippen LogP contribution in [0.4, 0.5) is 0 Å². The molecule has 0 aliphatic carbocycles. The zero-order valence-corrected chi connectivity index (χ0v) is 8.11. The van der Waals surface area contributed by atoms with E-state index in [1.165, 1.54) is 6.92 Å². The molecular formula is C8H14O7. The van der Waals surface area contributed by atoms with Crippen molar-refractivity contribution < 1.29 is 34.7 Å². The van der Waals surface area contributed by atoms with E-state index >= 15 is 0 Å². The van der Waals surface area contributed by atoms with Crippen molar-refractivity contribution in [3.63, 3.8) is 0 Å². The van der Waals surface area contributed by atoms with Crippen molar-refractivity contribution in [2.45, 2.75) is 37.6 Å². The van der Waals surface area contributed by atoms with Crippen molar-refractivity contribution in [3.8, 4) is 0 Å². The summed E-state index contributed by atoms with van der Waals surface area (Å²) in [4.78, 5) is 10.5. The molecule has 1 heterocycles. The molecule has 1 aliphatic rings. The maximum Gasteiger partial charge on any atom is 0.302 e. The van der Waals surface area contributed by atoms with Crippen LogP contribution in [0.25, 0.3) is 0 Å². The summed E-state index contributed by atoms with van der Waals surface area (Å²) >= 11 is 0. The van der Waals surface area contributed by atoms with Gasteiger partial charge in [-0.2, -0.15) is 0 Å². The van der Waals surface area contributed by atoms with Gasteiger partial charge >= 0.3 is 5.97 Å². The zero-order chi connectivity index (χ0) is 11.6. The Hall–Kier alpha value is -0.730. The quantitative estimate of drug-likeness (QED) is 0.377. The molecule has 0 aromatic carbocycles. The van der Waals surface area contributed by atoms with E-state index in [9.17, 15) is 15.0 Å². The molecule has 1 fully saturated rings. The summed E-state index contributed by atoms with van der Waals surface area (Å²) in [7, 11) is 0. The summed E-state index contributed by atoms with van der Waals surface area (Å²) in [6, 6.07) is 0. The summed E-state index contributed by atoms with van der Waals surface area (Å²) in [6.07, 6.45) is -7.18.